The van der Waals surface area contributed by atoms with Crippen LogP contribution in [0.2, 0.25) is 0 Å². The average molecular weight is 171 g/mol. The standard InChI is InChI=1S/C10H21NO/c11-7-1-2-8-12-9-6-10-4-3-5-10/h10H,1-9,11H2. The average Bonchev–Trinajstić information content (AvgIpc) is 2.00. The predicted molar refractivity (Wildman–Crippen MR) is 51.1 cm³/mol. The highest BCUT2D eigenvalue weighted by Gasteiger charge is 2.16. The second kappa shape index (κ2) is 6.44. The van der Waals surface area contributed by atoms with Crippen LogP contribution >= 0.6 is 0 Å². The lowest BCUT2D eigenvalue weighted by molar-refractivity contribution is 0.104. The van der Waals surface area contributed by atoms with Crippen LogP contribution in [-0.4, -0.2) is 19.8 Å². The third kappa shape index (κ3) is 4.07. The van der Waals surface area contributed by atoms with Gasteiger partial charge in [0.05, 0.1) is 0 Å². The van der Waals surface area contributed by atoms with E-state index in [4.69, 9.17) is 10.5 Å². The maximum Gasteiger partial charge on any atom is 0.0468 e. The van der Waals surface area contributed by atoms with Crippen molar-refractivity contribution in [1.29, 1.82) is 0 Å². The van der Waals surface area contributed by atoms with E-state index < -0.39 is 0 Å². The molecule has 0 saturated heterocycles. The zero-order chi connectivity index (χ0) is 8.65. The molecule has 2 nitrogen and oxygen atoms in total. The first-order valence-electron chi connectivity index (χ1n) is 5.21. The first-order valence-corrected chi connectivity index (χ1v) is 5.21. The molecule has 0 spiro atoms. The Morgan fingerprint density at radius 2 is 2.00 bits per heavy atom. The molecule has 0 heterocycles. The largest absolute Gasteiger partial charge is 0.381 e. The fourth-order valence-electron chi connectivity index (χ4n) is 1.48. The summed E-state index contributed by atoms with van der Waals surface area (Å²) in [5.41, 5.74) is 5.37. The van der Waals surface area contributed by atoms with E-state index in [1.807, 2.05) is 0 Å². The highest BCUT2D eigenvalue weighted by molar-refractivity contribution is 4.68. The van der Waals surface area contributed by atoms with Gasteiger partial charge in [-0.3, -0.25) is 0 Å². The first kappa shape index (κ1) is 10.0. The van der Waals surface area contributed by atoms with E-state index >= 15 is 0 Å². The fourth-order valence-corrected chi connectivity index (χ4v) is 1.48. The van der Waals surface area contributed by atoms with Gasteiger partial charge in [-0.05, 0) is 31.7 Å². The van der Waals surface area contributed by atoms with E-state index in [2.05, 4.69) is 0 Å². The molecule has 1 fully saturated rings. The Balaban J connectivity index is 1.70. The zero-order valence-electron chi connectivity index (χ0n) is 7.93. The quantitative estimate of drug-likeness (QED) is 0.594. The lowest BCUT2D eigenvalue weighted by Gasteiger charge is -2.24. The van der Waals surface area contributed by atoms with E-state index in [0.29, 0.717) is 0 Å². The molecule has 1 aliphatic carbocycles. The molecule has 2 N–H and O–H groups in total. The number of hydrogen-bond donors (Lipinski definition) is 1. The summed E-state index contributed by atoms with van der Waals surface area (Å²) in [5.74, 6) is 0.986. The Hall–Kier alpha value is -0.0800. The zero-order valence-corrected chi connectivity index (χ0v) is 7.93. The summed E-state index contributed by atoms with van der Waals surface area (Å²) < 4.78 is 5.49. The Morgan fingerprint density at radius 3 is 2.58 bits per heavy atom. The molecule has 0 aliphatic heterocycles. The van der Waals surface area contributed by atoms with Crippen LogP contribution in [0.15, 0.2) is 0 Å². The Bertz CT molecular complexity index is 102. The molecular formula is C10H21NO. The maximum absolute atomic E-state index is 5.49. The predicted octanol–water partition coefficient (Wildman–Crippen LogP) is 1.93. The molecule has 0 atom stereocenters. The molecule has 0 aromatic heterocycles. The van der Waals surface area contributed by atoms with E-state index in [9.17, 15) is 0 Å². The van der Waals surface area contributed by atoms with Gasteiger partial charge in [0.15, 0.2) is 0 Å². The minimum Gasteiger partial charge on any atom is -0.381 e. The third-order valence-electron chi connectivity index (χ3n) is 2.64. The van der Waals surface area contributed by atoms with Crippen molar-refractivity contribution in [1.82, 2.24) is 0 Å². The molecule has 2 heteroatoms. The van der Waals surface area contributed by atoms with E-state index in [1.54, 1.807) is 0 Å². The lowest BCUT2D eigenvalue weighted by Crippen LogP contribution is -2.13. The molecular weight excluding hydrogens is 150 g/mol. The molecule has 0 aromatic carbocycles. The summed E-state index contributed by atoms with van der Waals surface area (Å²) in [6.45, 7) is 2.67. The smallest absolute Gasteiger partial charge is 0.0468 e. The maximum atomic E-state index is 5.49. The van der Waals surface area contributed by atoms with Crippen LogP contribution < -0.4 is 5.73 Å². The summed E-state index contributed by atoms with van der Waals surface area (Å²) in [4.78, 5) is 0. The highest BCUT2D eigenvalue weighted by Crippen LogP contribution is 2.28. The molecule has 72 valence electrons. The summed E-state index contributed by atoms with van der Waals surface area (Å²) >= 11 is 0. The van der Waals surface area contributed by atoms with Gasteiger partial charge in [-0.15, -0.1) is 0 Å². The van der Waals surface area contributed by atoms with Gasteiger partial charge in [0, 0.05) is 13.2 Å². The first-order chi connectivity index (χ1) is 5.93. The number of ether oxygens (including phenoxy) is 1. The summed E-state index contributed by atoms with van der Waals surface area (Å²) in [5, 5.41) is 0. The molecule has 12 heavy (non-hydrogen) atoms. The monoisotopic (exact) mass is 171 g/mol. The van der Waals surface area contributed by atoms with Crippen LogP contribution in [-0.2, 0) is 4.74 Å². The Labute approximate surface area is 75.5 Å². The van der Waals surface area contributed by atoms with Crippen LogP contribution in [0.5, 0.6) is 0 Å². The fraction of sp³-hybridized carbons (Fsp3) is 1.00. The third-order valence-corrected chi connectivity index (χ3v) is 2.64. The van der Waals surface area contributed by atoms with Gasteiger partial charge in [0.25, 0.3) is 0 Å². The van der Waals surface area contributed by atoms with Crippen molar-refractivity contribution >= 4 is 0 Å². The molecule has 0 unspecified atom stereocenters. The van der Waals surface area contributed by atoms with Crippen molar-refractivity contribution in [3.8, 4) is 0 Å². The van der Waals surface area contributed by atoms with Gasteiger partial charge in [-0.1, -0.05) is 19.3 Å². The SMILES string of the molecule is NCCCCOCCC1CCC1. The summed E-state index contributed by atoms with van der Waals surface area (Å²) in [6.07, 6.45) is 7.82. The topological polar surface area (TPSA) is 35.2 Å². The van der Waals surface area contributed by atoms with Crippen molar-refractivity contribution in [3.05, 3.63) is 0 Å². The molecule has 1 saturated carbocycles. The second-order valence-corrected chi connectivity index (χ2v) is 3.69. The minimum atomic E-state index is 0.798. The lowest BCUT2D eigenvalue weighted by atomic mass is 9.83. The number of unbranched alkanes of at least 4 members (excludes halogenated alkanes) is 1. The van der Waals surface area contributed by atoms with Gasteiger partial charge in [0.2, 0.25) is 0 Å². The van der Waals surface area contributed by atoms with Crippen molar-refractivity contribution in [3.63, 3.8) is 0 Å². The Kier molecular flexibility index (Phi) is 5.37. The Morgan fingerprint density at radius 1 is 1.17 bits per heavy atom. The van der Waals surface area contributed by atoms with Gasteiger partial charge in [-0.2, -0.15) is 0 Å². The van der Waals surface area contributed by atoms with E-state index in [-0.39, 0.29) is 0 Å². The molecule has 0 aromatic rings. The van der Waals surface area contributed by atoms with Crippen LogP contribution in [0.3, 0.4) is 0 Å². The van der Waals surface area contributed by atoms with Crippen molar-refractivity contribution < 1.29 is 4.74 Å². The molecule has 0 bridgehead atoms. The van der Waals surface area contributed by atoms with Gasteiger partial charge in [-0.25, -0.2) is 0 Å². The van der Waals surface area contributed by atoms with Crippen LogP contribution in [0.25, 0.3) is 0 Å². The van der Waals surface area contributed by atoms with Crippen molar-refractivity contribution in [2.45, 2.75) is 38.5 Å². The van der Waals surface area contributed by atoms with E-state index in [0.717, 1.165) is 38.5 Å². The molecule has 0 radical (unpaired) electrons. The second-order valence-electron chi connectivity index (χ2n) is 3.69. The molecule has 1 aliphatic rings. The van der Waals surface area contributed by atoms with Crippen LogP contribution in [0.4, 0.5) is 0 Å². The van der Waals surface area contributed by atoms with Crippen LogP contribution in [0, 0.1) is 5.92 Å². The van der Waals surface area contributed by atoms with Crippen LogP contribution in [0.1, 0.15) is 38.5 Å². The number of rotatable bonds is 7. The van der Waals surface area contributed by atoms with Crippen molar-refractivity contribution in [2.24, 2.45) is 11.7 Å². The number of hydrogen-bond acceptors (Lipinski definition) is 2. The summed E-state index contributed by atoms with van der Waals surface area (Å²) in [7, 11) is 0. The highest BCUT2D eigenvalue weighted by atomic mass is 16.5. The van der Waals surface area contributed by atoms with Crippen molar-refractivity contribution in [2.75, 3.05) is 19.8 Å². The van der Waals surface area contributed by atoms with Gasteiger partial charge in [0.1, 0.15) is 0 Å². The normalized spacial score (nSPS) is 17.8. The van der Waals surface area contributed by atoms with E-state index in [1.165, 1.54) is 25.7 Å². The minimum absolute atomic E-state index is 0.798. The number of nitrogens with two attached hydrogens (primary N) is 1. The molecule has 1 rings (SSSR count). The van der Waals surface area contributed by atoms with Gasteiger partial charge >= 0.3 is 0 Å². The summed E-state index contributed by atoms with van der Waals surface area (Å²) in [6, 6.07) is 0. The van der Waals surface area contributed by atoms with Gasteiger partial charge < -0.3 is 10.5 Å². The molecule has 0 amide bonds.